The molecule has 188 valence electrons. The third-order valence-corrected chi connectivity index (χ3v) is 7.21. The molecule has 0 spiro atoms. The van der Waals surface area contributed by atoms with Gasteiger partial charge < -0.3 is 19.6 Å². The van der Waals surface area contributed by atoms with Gasteiger partial charge in [0.25, 0.3) is 5.91 Å². The van der Waals surface area contributed by atoms with E-state index in [1.165, 1.54) is 11.3 Å². The highest BCUT2D eigenvalue weighted by atomic mass is 32.1. The number of aliphatic hydroxyl groups is 1. The van der Waals surface area contributed by atoms with Gasteiger partial charge in [0, 0.05) is 18.7 Å². The van der Waals surface area contributed by atoms with Crippen LogP contribution in [0.1, 0.15) is 40.3 Å². The molecule has 2 aromatic carbocycles. The molecule has 3 aromatic rings. The summed E-state index contributed by atoms with van der Waals surface area (Å²) in [5, 5.41) is 11.7. The van der Waals surface area contributed by atoms with Gasteiger partial charge in [-0.15, -0.1) is 11.3 Å². The van der Waals surface area contributed by atoms with Gasteiger partial charge in [-0.05, 0) is 45.1 Å². The molecule has 2 heterocycles. The number of aliphatic hydroxyl groups excluding tert-OH is 1. The Bertz CT molecular complexity index is 1280. The Morgan fingerprint density at radius 2 is 1.92 bits per heavy atom. The topological polar surface area (TPSA) is 83.0 Å². The Hall–Kier alpha value is -3.49. The van der Waals surface area contributed by atoms with E-state index >= 15 is 0 Å². The van der Waals surface area contributed by atoms with Crippen molar-refractivity contribution in [2.45, 2.75) is 26.3 Å². The van der Waals surface area contributed by atoms with Crippen LogP contribution in [0, 0.1) is 6.92 Å². The molecule has 1 amide bonds. The smallest absolute Gasteiger partial charge is 0.290 e. The van der Waals surface area contributed by atoms with E-state index in [0.717, 1.165) is 17.0 Å². The average molecular weight is 506 g/mol. The Labute approximate surface area is 215 Å². The normalized spacial score (nSPS) is 15.8. The summed E-state index contributed by atoms with van der Waals surface area (Å²) >= 11 is 1.27. The zero-order valence-electron chi connectivity index (χ0n) is 21.0. The third-order valence-electron chi connectivity index (χ3n) is 6.01. The molecular formula is C28H31N3O4S. The number of nitrogens with zero attached hydrogens (tertiary/aromatic N) is 3. The van der Waals surface area contributed by atoms with E-state index in [9.17, 15) is 14.7 Å². The number of carbonyl (C=O) groups excluding carboxylic acids is 2. The first-order chi connectivity index (χ1) is 17.3. The summed E-state index contributed by atoms with van der Waals surface area (Å²) in [4.78, 5) is 35.7. The summed E-state index contributed by atoms with van der Waals surface area (Å²) in [5.74, 6) is -0.767. The molecule has 0 fully saturated rings. The van der Waals surface area contributed by atoms with Crippen LogP contribution >= 0.6 is 11.3 Å². The van der Waals surface area contributed by atoms with Crippen LogP contribution in [-0.2, 0) is 4.79 Å². The highest BCUT2D eigenvalue weighted by Gasteiger charge is 2.44. The van der Waals surface area contributed by atoms with Gasteiger partial charge in [-0.1, -0.05) is 49.4 Å². The zero-order valence-corrected chi connectivity index (χ0v) is 21.8. The molecule has 0 radical (unpaired) electrons. The van der Waals surface area contributed by atoms with Crippen molar-refractivity contribution in [1.82, 2.24) is 14.8 Å². The molecule has 0 saturated carbocycles. The van der Waals surface area contributed by atoms with E-state index in [1.54, 1.807) is 11.8 Å². The van der Waals surface area contributed by atoms with Crippen LogP contribution in [0.5, 0.6) is 5.75 Å². The SMILES string of the molecule is CCCOc1cccc(C2C(C(=O)c3sc(-c4ccccc4)nc3C)=C(O)C(=O)N2CCN(C)C)c1. The maximum Gasteiger partial charge on any atom is 0.290 e. The fourth-order valence-corrected chi connectivity index (χ4v) is 5.22. The van der Waals surface area contributed by atoms with Gasteiger partial charge in [-0.3, -0.25) is 9.59 Å². The Morgan fingerprint density at radius 1 is 1.17 bits per heavy atom. The van der Waals surface area contributed by atoms with Crippen molar-refractivity contribution in [3.05, 3.63) is 82.1 Å². The standard InChI is InChI=1S/C28H31N3O4S/c1-5-16-35-21-13-9-12-20(17-21)23-22(25(33)28(34)31(23)15-14-30(3)4)24(32)26-18(2)29-27(36-26)19-10-7-6-8-11-19/h6-13,17,23,33H,5,14-16H2,1-4H3. The second-order valence-corrected chi connectivity index (χ2v) is 10.0. The number of thiazole rings is 1. The fourth-order valence-electron chi connectivity index (χ4n) is 4.20. The molecule has 1 N–H and O–H groups in total. The van der Waals surface area contributed by atoms with Crippen LogP contribution < -0.4 is 4.74 Å². The van der Waals surface area contributed by atoms with Gasteiger partial charge in [0.15, 0.2) is 5.76 Å². The second kappa shape index (κ2) is 11.1. The quantitative estimate of drug-likeness (QED) is 0.389. The summed E-state index contributed by atoms with van der Waals surface area (Å²) in [5.41, 5.74) is 2.28. The van der Waals surface area contributed by atoms with Gasteiger partial charge in [0.05, 0.1) is 28.8 Å². The maximum absolute atomic E-state index is 13.9. The molecule has 1 aliphatic rings. The largest absolute Gasteiger partial charge is 0.503 e. The number of ether oxygens (including phenoxy) is 1. The number of carbonyl (C=O) groups is 2. The molecule has 1 atom stereocenters. The number of ketones is 1. The van der Waals surface area contributed by atoms with E-state index in [4.69, 9.17) is 4.74 Å². The average Bonchev–Trinajstić information content (AvgIpc) is 3.39. The number of amides is 1. The van der Waals surface area contributed by atoms with Crippen molar-refractivity contribution in [3.63, 3.8) is 0 Å². The third kappa shape index (κ3) is 5.20. The molecule has 0 bridgehead atoms. The van der Waals surface area contributed by atoms with E-state index in [-0.39, 0.29) is 11.4 Å². The summed E-state index contributed by atoms with van der Waals surface area (Å²) in [6.07, 6.45) is 0.861. The first-order valence-electron chi connectivity index (χ1n) is 12.0. The minimum atomic E-state index is -0.725. The minimum absolute atomic E-state index is 0.0813. The Kier molecular flexibility index (Phi) is 7.86. The van der Waals surface area contributed by atoms with Gasteiger partial charge in [0.1, 0.15) is 10.8 Å². The summed E-state index contributed by atoms with van der Waals surface area (Å²) in [6.45, 7) is 5.31. The van der Waals surface area contributed by atoms with Crippen LogP contribution in [0.4, 0.5) is 0 Å². The number of aromatic nitrogens is 1. The molecule has 1 aromatic heterocycles. The first kappa shape index (κ1) is 25.6. The molecule has 1 unspecified atom stereocenters. The van der Waals surface area contributed by atoms with Crippen molar-refractivity contribution >= 4 is 23.0 Å². The van der Waals surface area contributed by atoms with Crippen molar-refractivity contribution in [2.75, 3.05) is 33.8 Å². The number of rotatable bonds is 10. The summed E-state index contributed by atoms with van der Waals surface area (Å²) in [6, 6.07) is 16.3. The lowest BCUT2D eigenvalue weighted by molar-refractivity contribution is -0.129. The molecule has 7 nitrogen and oxygen atoms in total. The number of Topliss-reactive ketones (excluding diaryl/α,β-unsaturated/α-hetero) is 1. The maximum atomic E-state index is 13.9. The van der Waals surface area contributed by atoms with Gasteiger partial charge >= 0.3 is 0 Å². The summed E-state index contributed by atoms with van der Waals surface area (Å²) in [7, 11) is 3.83. The lowest BCUT2D eigenvalue weighted by Crippen LogP contribution is -2.36. The van der Waals surface area contributed by atoms with E-state index in [1.807, 2.05) is 80.5 Å². The lowest BCUT2D eigenvalue weighted by Gasteiger charge is -2.28. The number of benzene rings is 2. The van der Waals surface area contributed by atoms with Gasteiger partial charge in [-0.25, -0.2) is 4.98 Å². The van der Waals surface area contributed by atoms with Crippen LogP contribution in [-0.4, -0.2) is 65.4 Å². The van der Waals surface area contributed by atoms with Gasteiger partial charge in [0.2, 0.25) is 5.78 Å². The first-order valence-corrected chi connectivity index (χ1v) is 12.8. The van der Waals surface area contributed by atoms with E-state index in [0.29, 0.717) is 41.6 Å². The molecule has 1 aliphatic heterocycles. The minimum Gasteiger partial charge on any atom is -0.503 e. The summed E-state index contributed by atoms with van der Waals surface area (Å²) < 4.78 is 5.81. The number of hydrogen-bond donors (Lipinski definition) is 1. The van der Waals surface area contributed by atoms with Crippen LogP contribution in [0.3, 0.4) is 0 Å². The Balaban J connectivity index is 1.76. The molecule has 0 saturated heterocycles. The number of aryl methyl sites for hydroxylation is 1. The van der Waals surface area contributed by atoms with Crippen LogP contribution in [0.25, 0.3) is 10.6 Å². The number of likely N-dealkylation sites (N-methyl/N-ethyl adjacent to an activating group) is 1. The molecule has 8 heteroatoms. The molecule has 0 aliphatic carbocycles. The van der Waals surface area contributed by atoms with E-state index < -0.39 is 17.7 Å². The molecular weight excluding hydrogens is 474 g/mol. The zero-order chi connectivity index (χ0) is 25.8. The van der Waals surface area contributed by atoms with Crippen LogP contribution in [0.2, 0.25) is 0 Å². The highest BCUT2D eigenvalue weighted by Crippen LogP contribution is 2.41. The van der Waals surface area contributed by atoms with Crippen molar-refractivity contribution < 1.29 is 19.4 Å². The Morgan fingerprint density at radius 3 is 2.61 bits per heavy atom. The van der Waals surface area contributed by atoms with Crippen LogP contribution in [0.15, 0.2) is 65.9 Å². The number of hydrogen-bond acceptors (Lipinski definition) is 7. The van der Waals surface area contributed by atoms with Gasteiger partial charge in [-0.2, -0.15) is 0 Å². The highest BCUT2D eigenvalue weighted by molar-refractivity contribution is 7.17. The lowest BCUT2D eigenvalue weighted by atomic mass is 9.95. The van der Waals surface area contributed by atoms with Crippen molar-refractivity contribution in [1.29, 1.82) is 0 Å². The second-order valence-electron chi connectivity index (χ2n) is 9.02. The fraction of sp³-hybridized carbons (Fsp3) is 0.321. The van der Waals surface area contributed by atoms with Crippen molar-refractivity contribution in [2.24, 2.45) is 0 Å². The predicted molar refractivity (Wildman–Crippen MR) is 142 cm³/mol. The monoisotopic (exact) mass is 505 g/mol. The van der Waals surface area contributed by atoms with Crippen molar-refractivity contribution in [3.8, 4) is 16.3 Å². The van der Waals surface area contributed by atoms with E-state index in [2.05, 4.69) is 4.98 Å². The molecule has 36 heavy (non-hydrogen) atoms. The predicted octanol–water partition coefficient (Wildman–Crippen LogP) is 5.05. The molecule has 4 rings (SSSR count).